The molecule has 0 atom stereocenters. The van der Waals surface area contributed by atoms with E-state index in [-0.39, 0.29) is 18.6 Å². The lowest BCUT2D eigenvalue weighted by Gasteiger charge is -2.39. The number of halogens is 3. The maximum absolute atomic E-state index is 13.7. The van der Waals surface area contributed by atoms with Gasteiger partial charge in [0.05, 0.1) is 12.0 Å². The molecule has 3 aromatic carbocycles. The number of likely N-dealkylation sites (tertiary alicyclic amines) is 1. The number of nitrogens with zero attached hydrogens (tertiary/aromatic N) is 1. The molecule has 4 nitrogen and oxygen atoms in total. The first-order valence-electron chi connectivity index (χ1n) is 10.7. The fourth-order valence-electron chi connectivity index (χ4n) is 4.01. The number of carboxylic acids is 1. The topological polar surface area (TPSA) is 49.8 Å². The van der Waals surface area contributed by atoms with E-state index in [2.05, 4.69) is 4.90 Å². The highest BCUT2D eigenvalue weighted by atomic mass is 19.4. The normalized spacial score (nSPS) is 14.6. The summed E-state index contributed by atoms with van der Waals surface area (Å²) in [5.41, 5.74) is 1.57. The first-order chi connectivity index (χ1) is 15.8. The van der Waals surface area contributed by atoms with Crippen molar-refractivity contribution in [2.75, 3.05) is 19.6 Å². The third-order valence-electron chi connectivity index (χ3n) is 5.83. The van der Waals surface area contributed by atoms with Crippen LogP contribution in [0.15, 0.2) is 72.8 Å². The minimum Gasteiger partial charge on any atom is -0.489 e. The monoisotopic (exact) mass is 455 g/mol. The van der Waals surface area contributed by atoms with Crippen molar-refractivity contribution in [3.63, 3.8) is 0 Å². The number of hydrogen-bond donors (Lipinski definition) is 1. The first-order valence-corrected chi connectivity index (χ1v) is 10.7. The third-order valence-corrected chi connectivity index (χ3v) is 5.83. The molecule has 0 spiro atoms. The molecule has 1 saturated heterocycles. The van der Waals surface area contributed by atoms with Crippen LogP contribution >= 0.6 is 0 Å². The highest BCUT2D eigenvalue weighted by molar-refractivity contribution is 5.68. The summed E-state index contributed by atoms with van der Waals surface area (Å²) in [6, 6.07) is 20.4. The van der Waals surface area contributed by atoms with Gasteiger partial charge in [-0.15, -0.1) is 0 Å². The Kier molecular flexibility index (Phi) is 6.70. The SMILES string of the molecule is O=C(O)CCN1CC(c2ccc(OCc3ccc(-c4ccccc4)c(C(F)(F)F)c3)cc2)C1. The molecular weight excluding hydrogens is 431 g/mol. The molecule has 7 heteroatoms. The van der Waals surface area contributed by atoms with Crippen LogP contribution < -0.4 is 4.74 Å². The smallest absolute Gasteiger partial charge is 0.417 e. The molecule has 1 heterocycles. The fourth-order valence-corrected chi connectivity index (χ4v) is 4.01. The highest BCUT2D eigenvalue weighted by Gasteiger charge is 2.34. The lowest BCUT2D eigenvalue weighted by atomic mass is 9.91. The summed E-state index contributed by atoms with van der Waals surface area (Å²) >= 11 is 0. The zero-order chi connectivity index (χ0) is 23.4. The summed E-state index contributed by atoms with van der Waals surface area (Å²) in [5.74, 6) is 0.145. The van der Waals surface area contributed by atoms with Crippen LogP contribution in [0.2, 0.25) is 0 Å². The zero-order valence-electron chi connectivity index (χ0n) is 17.9. The number of alkyl halides is 3. The van der Waals surface area contributed by atoms with Crippen molar-refractivity contribution in [2.24, 2.45) is 0 Å². The maximum atomic E-state index is 13.7. The van der Waals surface area contributed by atoms with Gasteiger partial charge in [-0.2, -0.15) is 13.2 Å². The van der Waals surface area contributed by atoms with Gasteiger partial charge in [0, 0.05) is 25.6 Å². The van der Waals surface area contributed by atoms with Crippen molar-refractivity contribution in [3.05, 3.63) is 89.5 Å². The number of carbonyl (C=O) groups is 1. The molecule has 0 amide bonds. The van der Waals surface area contributed by atoms with Gasteiger partial charge >= 0.3 is 12.1 Å². The summed E-state index contributed by atoms with van der Waals surface area (Å²) in [6.45, 7) is 2.23. The van der Waals surface area contributed by atoms with Gasteiger partial charge in [0.1, 0.15) is 12.4 Å². The summed E-state index contributed by atoms with van der Waals surface area (Å²) in [4.78, 5) is 12.7. The van der Waals surface area contributed by atoms with E-state index in [1.807, 2.05) is 24.3 Å². The molecule has 0 saturated carbocycles. The Morgan fingerprint density at radius 2 is 1.70 bits per heavy atom. The van der Waals surface area contributed by atoms with Gasteiger partial charge in [-0.3, -0.25) is 4.79 Å². The molecule has 0 aliphatic carbocycles. The quantitative estimate of drug-likeness (QED) is 0.465. The molecule has 1 fully saturated rings. The van der Waals surface area contributed by atoms with Gasteiger partial charge in [-0.25, -0.2) is 0 Å². The van der Waals surface area contributed by atoms with Crippen LogP contribution in [0.3, 0.4) is 0 Å². The summed E-state index contributed by atoms with van der Waals surface area (Å²) in [5, 5.41) is 8.75. The zero-order valence-corrected chi connectivity index (χ0v) is 17.9. The van der Waals surface area contributed by atoms with Crippen LogP contribution in [-0.4, -0.2) is 35.6 Å². The summed E-state index contributed by atoms with van der Waals surface area (Å²) in [7, 11) is 0. The second-order valence-electron chi connectivity index (χ2n) is 8.20. The third kappa shape index (κ3) is 5.73. The molecule has 33 heavy (non-hydrogen) atoms. The Labute approximate surface area is 190 Å². The molecule has 1 aliphatic rings. The molecule has 0 radical (unpaired) electrons. The molecule has 0 bridgehead atoms. The number of carboxylic acid groups (broad SMARTS) is 1. The van der Waals surface area contributed by atoms with Crippen molar-refractivity contribution in [1.29, 1.82) is 0 Å². The first kappa shape index (κ1) is 22.9. The van der Waals surface area contributed by atoms with E-state index < -0.39 is 17.7 Å². The van der Waals surface area contributed by atoms with Gasteiger partial charge in [-0.1, -0.05) is 54.6 Å². The van der Waals surface area contributed by atoms with E-state index in [1.165, 1.54) is 6.07 Å². The Balaban J connectivity index is 1.38. The van der Waals surface area contributed by atoms with Gasteiger partial charge in [0.2, 0.25) is 0 Å². The van der Waals surface area contributed by atoms with Crippen LogP contribution in [0.1, 0.15) is 29.0 Å². The predicted octanol–water partition coefficient (Wildman–Crippen LogP) is 5.83. The van der Waals surface area contributed by atoms with Crippen LogP contribution in [0.4, 0.5) is 13.2 Å². The summed E-state index contributed by atoms with van der Waals surface area (Å²) in [6.07, 6.45) is -4.33. The Hall–Kier alpha value is -3.32. The van der Waals surface area contributed by atoms with Gasteiger partial charge in [0.15, 0.2) is 0 Å². The van der Waals surface area contributed by atoms with Crippen molar-refractivity contribution in [3.8, 4) is 16.9 Å². The van der Waals surface area contributed by atoms with Crippen molar-refractivity contribution >= 4 is 5.97 Å². The van der Waals surface area contributed by atoms with E-state index >= 15 is 0 Å². The number of rotatable bonds is 8. The predicted molar refractivity (Wildman–Crippen MR) is 119 cm³/mol. The van der Waals surface area contributed by atoms with Gasteiger partial charge in [0.25, 0.3) is 0 Å². The van der Waals surface area contributed by atoms with Gasteiger partial charge in [-0.05, 0) is 40.5 Å². The van der Waals surface area contributed by atoms with Crippen LogP contribution in [-0.2, 0) is 17.6 Å². The Morgan fingerprint density at radius 1 is 1.00 bits per heavy atom. The number of hydrogen-bond acceptors (Lipinski definition) is 3. The lowest BCUT2D eigenvalue weighted by Crippen LogP contribution is -2.45. The summed E-state index contributed by atoms with van der Waals surface area (Å²) < 4.78 is 46.8. The Morgan fingerprint density at radius 3 is 2.33 bits per heavy atom. The average molecular weight is 455 g/mol. The largest absolute Gasteiger partial charge is 0.489 e. The molecule has 172 valence electrons. The highest BCUT2D eigenvalue weighted by Crippen LogP contribution is 2.38. The number of benzene rings is 3. The van der Waals surface area contributed by atoms with Crippen molar-refractivity contribution in [2.45, 2.75) is 25.1 Å². The molecular formula is C26H24F3NO3. The second kappa shape index (κ2) is 9.67. The van der Waals surface area contributed by atoms with E-state index in [1.54, 1.807) is 36.4 Å². The molecule has 0 unspecified atom stereocenters. The average Bonchev–Trinajstić information content (AvgIpc) is 2.77. The van der Waals surface area contributed by atoms with Crippen LogP contribution in [0.5, 0.6) is 5.75 Å². The minimum absolute atomic E-state index is 0.0316. The molecule has 1 N–H and O–H groups in total. The van der Waals surface area contributed by atoms with E-state index in [0.29, 0.717) is 29.3 Å². The molecule has 4 rings (SSSR count). The van der Waals surface area contributed by atoms with Crippen LogP contribution in [0.25, 0.3) is 11.1 Å². The van der Waals surface area contributed by atoms with E-state index in [0.717, 1.165) is 24.7 Å². The molecule has 1 aliphatic heterocycles. The van der Waals surface area contributed by atoms with Crippen molar-refractivity contribution in [1.82, 2.24) is 4.90 Å². The van der Waals surface area contributed by atoms with Gasteiger partial charge < -0.3 is 14.7 Å². The fraction of sp³-hybridized carbons (Fsp3) is 0.269. The van der Waals surface area contributed by atoms with Crippen LogP contribution in [0, 0.1) is 0 Å². The maximum Gasteiger partial charge on any atom is 0.417 e. The van der Waals surface area contributed by atoms with Crippen molar-refractivity contribution < 1.29 is 27.8 Å². The van der Waals surface area contributed by atoms with E-state index in [9.17, 15) is 18.0 Å². The second-order valence-corrected chi connectivity index (χ2v) is 8.20. The Bertz CT molecular complexity index is 1090. The standard InChI is InChI=1S/C26H24F3NO3/c27-26(28,29)24-14-18(6-11-23(24)20-4-2-1-3-5-20)17-33-22-9-7-19(8-10-22)21-15-30(16-21)13-12-25(31)32/h1-11,14,21H,12-13,15-17H2,(H,31,32). The number of ether oxygens (including phenoxy) is 1. The molecule has 0 aromatic heterocycles. The minimum atomic E-state index is -4.47. The lowest BCUT2D eigenvalue weighted by molar-refractivity contribution is -0.138. The number of aliphatic carboxylic acids is 1. The molecule has 3 aromatic rings. The van der Waals surface area contributed by atoms with E-state index in [4.69, 9.17) is 9.84 Å².